The highest BCUT2D eigenvalue weighted by molar-refractivity contribution is 5.76. The molecule has 102 heavy (non-hydrogen) atoms. The van der Waals surface area contributed by atoms with Crippen LogP contribution in [0.15, 0.2) is 48.6 Å². The van der Waals surface area contributed by atoms with E-state index in [9.17, 15) is 61.0 Å². The molecule has 0 aromatic rings. The minimum absolute atomic E-state index is 0.235. The Morgan fingerprint density at radius 3 is 1.04 bits per heavy atom. The fourth-order valence-corrected chi connectivity index (χ4v) is 14.1. The van der Waals surface area contributed by atoms with Crippen LogP contribution in [-0.2, 0) is 33.2 Å². The number of rotatable bonds is 67. The van der Waals surface area contributed by atoms with E-state index in [0.29, 0.717) is 12.8 Å². The lowest BCUT2D eigenvalue weighted by Gasteiger charge is -2.48. The summed E-state index contributed by atoms with van der Waals surface area (Å²) in [5, 5.41) is 121. The molecule has 12 N–H and O–H groups in total. The topological polar surface area (TPSA) is 307 Å². The molecule has 3 rings (SSSR count). The largest absolute Gasteiger partial charge is 0.394 e. The summed E-state index contributed by atoms with van der Waals surface area (Å²) in [4.78, 5) is 13.5. The molecule has 0 spiro atoms. The van der Waals surface area contributed by atoms with E-state index in [0.717, 1.165) is 44.9 Å². The quantitative estimate of drug-likeness (QED) is 0.0199. The zero-order chi connectivity index (χ0) is 73.9. The van der Waals surface area contributed by atoms with Gasteiger partial charge < -0.3 is 89.9 Å². The number of allylic oxidation sites excluding steroid dienone is 7. The summed E-state index contributed by atoms with van der Waals surface area (Å²) in [6, 6.07) is -0.993. The molecule has 0 radical (unpaired) electrons. The lowest BCUT2D eigenvalue weighted by atomic mass is 9.96. The SMILES string of the molecule is CCCCCCC/C=C\C/C=C\CCCCCCCCCCCCCCCC(=O)NC(COC1OC(CO)C(OC2OC(CO)C(OC3OC(CO)C(O)C(O)C3O)C(O)C2O)C(O)C1O)C(O)/C=C/CC/C=C/CCCCCCCCCCCCCCCCCCCCCCCCCCCC. The van der Waals surface area contributed by atoms with Gasteiger partial charge >= 0.3 is 0 Å². The third-order valence-electron chi connectivity index (χ3n) is 20.8. The number of aliphatic hydroxyl groups is 11. The monoisotopic (exact) mass is 1450 g/mol. The second-order valence-electron chi connectivity index (χ2n) is 29.9. The van der Waals surface area contributed by atoms with E-state index >= 15 is 0 Å². The molecule has 19 heteroatoms. The summed E-state index contributed by atoms with van der Waals surface area (Å²) < 4.78 is 34.5. The Morgan fingerprint density at radius 1 is 0.353 bits per heavy atom. The molecule has 0 saturated carbocycles. The van der Waals surface area contributed by atoms with Gasteiger partial charge in [-0.15, -0.1) is 0 Å². The molecule has 17 unspecified atom stereocenters. The molecule has 17 atom stereocenters. The number of carbonyl (C=O) groups is 1. The second kappa shape index (κ2) is 63.7. The third-order valence-corrected chi connectivity index (χ3v) is 20.8. The highest BCUT2D eigenvalue weighted by atomic mass is 16.8. The molecular formula is C83H153NO18. The van der Waals surface area contributed by atoms with E-state index in [1.54, 1.807) is 6.08 Å². The summed E-state index contributed by atoms with van der Waals surface area (Å²) >= 11 is 0. The minimum Gasteiger partial charge on any atom is -0.394 e. The molecule has 0 aliphatic carbocycles. The molecule has 19 nitrogen and oxygen atoms in total. The maximum atomic E-state index is 13.5. The highest BCUT2D eigenvalue weighted by Crippen LogP contribution is 2.33. The van der Waals surface area contributed by atoms with Gasteiger partial charge in [-0.1, -0.05) is 319 Å². The number of hydrogen-bond acceptors (Lipinski definition) is 18. The van der Waals surface area contributed by atoms with Gasteiger partial charge in [-0.25, -0.2) is 0 Å². The summed E-state index contributed by atoms with van der Waals surface area (Å²) in [6.07, 6.45) is 54.0. The van der Waals surface area contributed by atoms with Crippen molar-refractivity contribution in [1.29, 1.82) is 0 Å². The smallest absolute Gasteiger partial charge is 0.220 e. The van der Waals surface area contributed by atoms with Gasteiger partial charge in [0, 0.05) is 6.42 Å². The predicted molar refractivity (Wildman–Crippen MR) is 406 cm³/mol. The van der Waals surface area contributed by atoms with E-state index < -0.39 is 124 Å². The van der Waals surface area contributed by atoms with E-state index in [4.69, 9.17) is 28.4 Å². The van der Waals surface area contributed by atoms with Gasteiger partial charge in [-0.3, -0.25) is 4.79 Å². The molecule has 0 aromatic carbocycles. The molecule has 1 amide bonds. The van der Waals surface area contributed by atoms with Crippen LogP contribution in [0.4, 0.5) is 0 Å². The molecule has 0 aromatic heterocycles. The maximum absolute atomic E-state index is 13.5. The molecule has 0 bridgehead atoms. The molecule has 3 saturated heterocycles. The van der Waals surface area contributed by atoms with Crippen LogP contribution >= 0.6 is 0 Å². The van der Waals surface area contributed by atoms with Crippen LogP contribution in [0.2, 0.25) is 0 Å². The lowest BCUT2D eigenvalue weighted by molar-refractivity contribution is -0.379. The van der Waals surface area contributed by atoms with Gasteiger partial charge in [0.15, 0.2) is 18.9 Å². The zero-order valence-electron chi connectivity index (χ0n) is 64.1. The number of carbonyl (C=O) groups excluding carboxylic acids is 1. The van der Waals surface area contributed by atoms with Crippen molar-refractivity contribution in [2.75, 3.05) is 26.4 Å². The standard InChI is InChI=1S/C83H153NO18/c1-3-5-7-9-11-13-15-17-19-21-23-25-27-29-30-31-32-33-34-35-37-38-40-42-44-46-48-50-52-54-56-58-60-67(88)66(84-71(89)61-59-57-55-53-51-49-47-45-43-41-39-36-28-26-24-22-20-18-16-14-12-10-8-6-4-2)65-97-81-77(95)74(92)79(69(63-86)99-81)102-83-78(96)75(93)80(70(64-87)100-83)101-82-76(94)73(91)72(90)68(62-85)98-82/h16,18,22,24,50,52,58,60,66-70,72-83,85-88,90-96H,3-15,17,19-21,23,25-49,51,53-57,59,61-65H2,1-2H3,(H,84,89)/b18-16-,24-22-,52-50+,60-58+. The summed E-state index contributed by atoms with van der Waals surface area (Å²) in [5.41, 5.74) is 0. The van der Waals surface area contributed by atoms with Crippen LogP contribution < -0.4 is 5.32 Å². The number of aliphatic hydroxyl groups excluding tert-OH is 11. The van der Waals surface area contributed by atoms with Crippen LogP contribution in [0.3, 0.4) is 0 Å². The van der Waals surface area contributed by atoms with Crippen molar-refractivity contribution in [1.82, 2.24) is 5.32 Å². The van der Waals surface area contributed by atoms with Gasteiger partial charge in [0.1, 0.15) is 73.2 Å². The van der Waals surface area contributed by atoms with Gasteiger partial charge in [0.25, 0.3) is 0 Å². The molecule has 3 fully saturated rings. The van der Waals surface area contributed by atoms with Crippen molar-refractivity contribution >= 4 is 5.91 Å². The molecule has 3 aliphatic rings. The van der Waals surface area contributed by atoms with Gasteiger partial charge in [-0.05, 0) is 64.2 Å². The van der Waals surface area contributed by atoms with E-state index in [-0.39, 0.29) is 18.9 Å². The number of nitrogens with one attached hydrogen (secondary N) is 1. The number of hydrogen-bond donors (Lipinski definition) is 12. The molecule has 3 heterocycles. The Bertz CT molecular complexity index is 2030. The fourth-order valence-electron chi connectivity index (χ4n) is 14.1. The van der Waals surface area contributed by atoms with Crippen LogP contribution in [0, 0.1) is 0 Å². The predicted octanol–water partition coefficient (Wildman–Crippen LogP) is 14.5. The van der Waals surface area contributed by atoms with Crippen LogP contribution in [0.1, 0.15) is 341 Å². The van der Waals surface area contributed by atoms with Crippen molar-refractivity contribution in [3.8, 4) is 0 Å². The van der Waals surface area contributed by atoms with Crippen molar-refractivity contribution < 1.29 is 89.4 Å². The summed E-state index contributed by atoms with van der Waals surface area (Å²) in [6.45, 7) is 1.76. The third kappa shape index (κ3) is 43.1. The first-order valence-corrected chi connectivity index (χ1v) is 41.9. The van der Waals surface area contributed by atoms with Gasteiger partial charge in [-0.2, -0.15) is 0 Å². The number of amides is 1. The Balaban J connectivity index is 1.37. The zero-order valence-corrected chi connectivity index (χ0v) is 64.1. The first kappa shape index (κ1) is 94.0. The Morgan fingerprint density at radius 2 is 0.657 bits per heavy atom. The lowest BCUT2D eigenvalue weighted by Crippen LogP contribution is -2.66. The number of ether oxygens (including phenoxy) is 6. The average molecular weight is 1450 g/mol. The Kier molecular flexibility index (Phi) is 58.6. The summed E-state index contributed by atoms with van der Waals surface area (Å²) in [7, 11) is 0. The highest BCUT2D eigenvalue weighted by Gasteiger charge is 2.54. The van der Waals surface area contributed by atoms with E-state index in [1.165, 1.54) is 263 Å². The van der Waals surface area contributed by atoms with Gasteiger partial charge in [0.05, 0.1) is 38.6 Å². The van der Waals surface area contributed by atoms with Crippen molar-refractivity contribution in [3.05, 3.63) is 48.6 Å². The van der Waals surface area contributed by atoms with Crippen LogP contribution in [-0.4, -0.2) is 193 Å². The average Bonchev–Trinajstić information content (AvgIpc) is 0.781. The van der Waals surface area contributed by atoms with Crippen LogP contribution in [0.5, 0.6) is 0 Å². The van der Waals surface area contributed by atoms with Crippen molar-refractivity contribution in [3.63, 3.8) is 0 Å². The molecule has 598 valence electrons. The normalized spacial score (nSPS) is 26.4. The first-order valence-electron chi connectivity index (χ1n) is 41.9. The molecule has 3 aliphatic heterocycles. The number of unbranched alkanes of at least 4 members (excludes halogenated alkanes) is 45. The second-order valence-corrected chi connectivity index (χ2v) is 29.9. The fraction of sp³-hybridized carbons (Fsp3) is 0.892. The van der Waals surface area contributed by atoms with Crippen molar-refractivity contribution in [2.45, 2.75) is 446 Å². The molecular weight excluding hydrogens is 1300 g/mol. The van der Waals surface area contributed by atoms with E-state index in [1.807, 2.05) is 6.08 Å². The van der Waals surface area contributed by atoms with Crippen LogP contribution in [0.25, 0.3) is 0 Å². The Hall–Kier alpha value is -2.25. The first-order chi connectivity index (χ1) is 49.8. The maximum Gasteiger partial charge on any atom is 0.220 e. The summed E-state index contributed by atoms with van der Waals surface area (Å²) in [5.74, 6) is -0.282. The van der Waals surface area contributed by atoms with Gasteiger partial charge in [0.2, 0.25) is 5.91 Å². The van der Waals surface area contributed by atoms with Crippen molar-refractivity contribution in [2.24, 2.45) is 0 Å². The Labute approximate surface area is 618 Å². The minimum atomic E-state index is -1.98. The van der Waals surface area contributed by atoms with E-state index in [2.05, 4.69) is 55.6 Å².